The predicted molar refractivity (Wildman–Crippen MR) is 56.2 cm³/mol. The minimum atomic E-state index is -0.773. The Kier molecular flexibility index (Phi) is 4.63. The lowest BCUT2D eigenvalue weighted by Gasteiger charge is -2.12. The van der Waals surface area contributed by atoms with E-state index in [4.69, 9.17) is 10.5 Å². The monoisotopic (exact) mass is 209 g/mol. The number of carbonyl (C=O) groups is 1. The van der Waals surface area contributed by atoms with Gasteiger partial charge in [-0.3, -0.25) is 0 Å². The molecule has 0 spiro atoms. The van der Waals surface area contributed by atoms with Crippen LogP contribution in [0.5, 0.6) is 0 Å². The SMILES string of the molecule is C[C@H](COC(N)=O)OCc1ccccc1. The van der Waals surface area contributed by atoms with Gasteiger partial charge in [-0.15, -0.1) is 0 Å². The van der Waals surface area contributed by atoms with Gasteiger partial charge in [-0.1, -0.05) is 30.3 Å². The molecule has 82 valence electrons. The predicted octanol–water partition coefficient (Wildman–Crippen LogP) is 1.69. The molecule has 0 heterocycles. The van der Waals surface area contributed by atoms with Crippen molar-refractivity contribution in [3.8, 4) is 0 Å². The van der Waals surface area contributed by atoms with Gasteiger partial charge < -0.3 is 15.2 Å². The maximum absolute atomic E-state index is 10.3. The number of rotatable bonds is 5. The molecule has 4 heteroatoms. The molecule has 1 amide bonds. The number of amides is 1. The molecular formula is C11H15NO3. The lowest BCUT2D eigenvalue weighted by molar-refractivity contribution is 0.00839. The zero-order chi connectivity index (χ0) is 11.1. The molecule has 1 aromatic rings. The molecule has 0 aromatic heterocycles. The Morgan fingerprint density at radius 2 is 2.07 bits per heavy atom. The van der Waals surface area contributed by atoms with E-state index in [9.17, 15) is 4.79 Å². The molecule has 0 aliphatic carbocycles. The van der Waals surface area contributed by atoms with Crippen LogP contribution in [-0.4, -0.2) is 18.8 Å². The summed E-state index contributed by atoms with van der Waals surface area (Å²) in [5.41, 5.74) is 5.92. The number of carbonyl (C=O) groups excluding carboxylic acids is 1. The van der Waals surface area contributed by atoms with Gasteiger partial charge in [0.2, 0.25) is 0 Å². The van der Waals surface area contributed by atoms with Crippen molar-refractivity contribution in [2.24, 2.45) is 5.73 Å². The summed E-state index contributed by atoms with van der Waals surface area (Å²) in [6.45, 7) is 2.51. The first-order chi connectivity index (χ1) is 7.18. The van der Waals surface area contributed by atoms with Gasteiger partial charge in [-0.25, -0.2) is 4.79 Å². The summed E-state index contributed by atoms with van der Waals surface area (Å²) in [6.07, 6.45) is -0.928. The van der Waals surface area contributed by atoms with Crippen LogP contribution in [0.15, 0.2) is 30.3 Å². The number of nitrogens with two attached hydrogens (primary N) is 1. The van der Waals surface area contributed by atoms with Crippen LogP contribution >= 0.6 is 0 Å². The average Bonchev–Trinajstić information content (AvgIpc) is 2.25. The Hall–Kier alpha value is -1.55. The van der Waals surface area contributed by atoms with Gasteiger partial charge in [0.15, 0.2) is 0 Å². The molecule has 0 fully saturated rings. The molecule has 2 N–H and O–H groups in total. The lowest BCUT2D eigenvalue weighted by atomic mass is 10.2. The molecular weight excluding hydrogens is 194 g/mol. The van der Waals surface area contributed by atoms with Crippen LogP contribution in [0, 0.1) is 0 Å². The highest BCUT2D eigenvalue weighted by Gasteiger charge is 2.04. The van der Waals surface area contributed by atoms with Gasteiger partial charge in [0.1, 0.15) is 6.61 Å². The van der Waals surface area contributed by atoms with Gasteiger partial charge in [-0.2, -0.15) is 0 Å². The van der Waals surface area contributed by atoms with E-state index >= 15 is 0 Å². The molecule has 0 radical (unpaired) electrons. The molecule has 0 bridgehead atoms. The summed E-state index contributed by atoms with van der Waals surface area (Å²) in [4.78, 5) is 10.3. The zero-order valence-corrected chi connectivity index (χ0v) is 8.68. The topological polar surface area (TPSA) is 61.5 Å². The Bertz CT molecular complexity index is 300. The smallest absolute Gasteiger partial charge is 0.404 e. The van der Waals surface area contributed by atoms with E-state index in [1.165, 1.54) is 0 Å². The van der Waals surface area contributed by atoms with Gasteiger partial charge in [0, 0.05) is 0 Å². The fourth-order valence-electron chi connectivity index (χ4n) is 1.06. The number of hydrogen-bond donors (Lipinski definition) is 1. The highest BCUT2D eigenvalue weighted by Crippen LogP contribution is 2.03. The molecule has 4 nitrogen and oxygen atoms in total. The molecule has 1 atom stereocenters. The first-order valence-electron chi connectivity index (χ1n) is 4.76. The second kappa shape index (κ2) is 6.03. The first-order valence-corrected chi connectivity index (χ1v) is 4.76. The third-order valence-electron chi connectivity index (χ3n) is 1.84. The fraction of sp³-hybridized carbons (Fsp3) is 0.364. The van der Waals surface area contributed by atoms with Gasteiger partial charge >= 0.3 is 6.09 Å². The summed E-state index contributed by atoms with van der Waals surface area (Å²) in [5, 5.41) is 0. The van der Waals surface area contributed by atoms with Crippen molar-refractivity contribution in [3.63, 3.8) is 0 Å². The molecule has 0 unspecified atom stereocenters. The highest BCUT2D eigenvalue weighted by molar-refractivity contribution is 5.64. The van der Waals surface area contributed by atoms with E-state index in [1.807, 2.05) is 37.3 Å². The fourth-order valence-corrected chi connectivity index (χ4v) is 1.06. The summed E-state index contributed by atoms with van der Waals surface area (Å²) < 4.78 is 10.1. The number of primary amides is 1. The van der Waals surface area contributed by atoms with Crippen molar-refractivity contribution >= 4 is 6.09 Å². The maximum Gasteiger partial charge on any atom is 0.404 e. The zero-order valence-electron chi connectivity index (χ0n) is 8.68. The normalized spacial score (nSPS) is 12.1. The van der Waals surface area contributed by atoms with E-state index < -0.39 is 6.09 Å². The number of ether oxygens (including phenoxy) is 2. The van der Waals surface area contributed by atoms with Crippen LogP contribution in [0.2, 0.25) is 0 Å². The van der Waals surface area contributed by atoms with E-state index in [1.54, 1.807) is 0 Å². The first kappa shape index (κ1) is 11.5. The minimum absolute atomic E-state index is 0.155. The molecule has 0 aliphatic rings. The standard InChI is InChI=1S/C11H15NO3/c1-9(7-15-11(12)13)14-8-10-5-3-2-4-6-10/h2-6,9H,7-8H2,1H3,(H2,12,13)/t9-/m1/s1. The van der Waals surface area contributed by atoms with Crippen molar-refractivity contribution in [3.05, 3.63) is 35.9 Å². The number of benzene rings is 1. The molecule has 1 aromatic carbocycles. The van der Waals surface area contributed by atoms with Crippen LogP contribution in [0.4, 0.5) is 4.79 Å². The van der Waals surface area contributed by atoms with Crippen molar-refractivity contribution in [2.45, 2.75) is 19.6 Å². The molecule has 0 saturated heterocycles. The molecule has 0 saturated carbocycles. The highest BCUT2D eigenvalue weighted by atomic mass is 16.6. The van der Waals surface area contributed by atoms with Crippen LogP contribution in [0.1, 0.15) is 12.5 Å². The molecule has 1 rings (SSSR count). The van der Waals surface area contributed by atoms with E-state index in [2.05, 4.69) is 4.74 Å². The lowest BCUT2D eigenvalue weighted by Crippen LogP contribution is -2.22. The second-order valence-electron chi connectivity index (χ2n) is 3.24. The van der Waals surface area contributed by atoms with E-state index in [0.29, 0.717) is 6.61 Å². The van der Waals surface area contributed by atoms with E-state index in [0.717, 1.165) is 5.56 Å². The molecule has 15 heavy (non-hydrogen) atoms. The Balaban J connectivity index is 2.22. The minimum Gasteiger partial charge on any atom is -0.447 e. The summed E-state index contributed by atoms with van der Waals surface area (Å²) >= 11 is 0. The Morgan fingerprint density at radius 3 is 2.67 bits per heavy atom. The van der Waals surface area contributed by atoms with Crippen molar-refractivity contribution in [1.29, 1.82) is 0 Å². The second-order valence-corrected chi connectivity index (χ2v) is 3.24. The summed E-state index contributed by atoms with van der Waals surface area (Å²) in [6, 6.07) is 9.79. The van der Waals surface area contributed by atoms with Crippen molar-refractivity contribution < 1.29 is 14.3 Å². The summed E-state index contributed by atoms with van der Waals surface area (Å²) in [7, 11) is 0. The molecule has 0 aliphatic heterocycles. The van der Waals surface area contributed by atoms with E-state index in [-0.39, 0.29) is 12.7 Å². The average molecular weight is 209 g/mol. The van der Waals surface area contributed by atoms with Crippen LogP contribution in [0.25, 0.3) is 0 Å². The van der Waals surface area contributed by atoms with Crippen LogP contribution in [0.3, 0.4) is 0 Å². The van der Waals surface area contributed by atoms with Gasteiger partial charge in [-0.05, 0) is 12.5 Å². The van der Waals surface area contributed by atoms with Gasteiger partial charge in [0.25, 0.3) is 0 Å². The maximum atomic E-state index is 10.3. The van der Waals surface area contributed by atoms with Crippen LogP contribution < -0.4 is 5.73 Å². The third kappa shape index (κ3) is 5.02. The largest absolute Gasteiger partial charge is 0.447 e. The quantitative estimate of drug-likeness (QED) is 0.802. The van der Waals surface area contributed by atoms with Gasteiger partial charge in [0.05, 0.1) is 12.7 Å². The van der Waals surface area contributed by atoms with Crippen molar-refractivity contribution in [2.75, 3.05) is 6.61 Å². The number of hydrogen-bond acceptors (Lipinski definition) is 3. The Labute approximate surface area is 89.0 Å². The van der Waals surface area contributed by atoms with Crippen LogP contribution in [-0.2, 0) is 16.1 Å². The Morgan fingerprint density at radius 1 is 1.40 bits per heavy atom. The van der Waals surface area contributed by atoms with Crippen molar-refractivity contribution in [1.82, 2.24) is 0 Å². The summed E-state index contributed by atoms with van der Waals surface area (Å²) in [5.74, 6) is 0. The third-order valence-corrected chi connectivity index (χ3v) is 1.84.